The molecule has 1 aliphatic carbocycles. The van der Waals surface area contributed by atoms with Gasteiger partial charge in [0, 0.05) is 6.04 Å². The zero-order valence-electron chi connectivity index (χ0n) is 12.6. The summed E-state index contributed by atoms with van der Waals surface area (Å²) in [6.45, 7) is 9.48. The average Bonchev–Trinajstić information content (AvgIpc) is 2.35. The SMILES string of the molecule is CCC(C)CC(NC)C1CCC(C(C)C)CC1. The van der Waals surface area contributed by atoms with E-state index in [0.29, 0.717) is 0 Å². The highest BCUT2D eigenvalue weighted by Gasteiger charge is 2.28. The number of hydrogen-bond donors (Lipinski definition) is 1. The van der Waals surface area contributed by atoms with Gasteiger partial charge >= 0.3 is 0 Å². The molecule has 0 aromatic rings. The second kappa shape index (κ2) is 7.41. The van der Waals surface area contributed by atoms with E-state index in [0.717, 1.165) is 29.7 Å². The normalized spacial score (nSPS) is 29.3. The van der Waals surface area contributed by atoms with E-state index in [-0.39, 0.29) is 0 Å². The van der Waals surface area contributed by atoms with Gasteiger partial charge in [0.15, 0.2) is 0 Å². The molecule has 0 radical (unpaired) electrons. The lowest BCUT2D eigenvalue weighted by Crippen LogP contribution is -2.37. The Kier molecular flexibility index (Phi) is 6.54. The van der Waals surface area contributed by atoms with Crippen molar-refractivity contribution < 1.29 is 0 Å². The lowest BCUT2D eigenvalue weighted by Gasteiger charge is -2.36. The maximum absolute atomic E-state index is 3.58. The van der Waals surface area contributed by atoms with Gasteiger partial charge in [-0.3, -0.25) is 0 Å². The first kappa shape index (κ1) is 15.0. The Hall–Kier alpha value is -0.0400. The van der Waals surface area contributed by atoms with Gasteiger partial charge in [0.1, 0.15) is 0 Å². The second-order valence-corrected chi connectivity index (χ2v) is 6.56. The standard InChI is InChI=1S/C16H33N/c1-6-13(4)11-16(17-5)15-9-7-14(8-10-15)12(2)3/h12-17H,6-11H2,1-5H3. The van der Waals surface area contributed by atoms with Crippen LogP contribution in [0.3, 0.4) is 0 Å². The van der Waals surface area contributed by atoms with Gasteiger partial charge in [-0.2, -0.15) is 0 Å². The third-order valence-electron chi connectivity index (χ3n) is 5.05. The molecule has 1 N–H and O–H groups in total. The Morgan fingerprint density at radius 2 is 1.53 bits per heavy atom. The van der Waals surface area contributed by atoms with Gasteiger partial charge in [-0.1, -0.05) is 34.1 Å². The van der Waals surface area contributed by atoms with Gasteiger partial charge < -0.3 is 5.32 Å². The molecule has 1 rings (SSSR count). The van der Waals surface area contributed by atoms with Crippen molar-refractivity contribution in [2.24, 2.45) is 23.7 Å². The molecule has 0 aromatic heterocycles. The molecule has 17 heavy (non-hydrogen) atoms. The predicted octanol–water partition coefficient (Wildman–Crippen LogP) is 4.47. The maximum Gasteiger partial charge on any atom is 0.00948 e. The number of rotatable bonds is 6. The van der Waals surface area contributed by atoms with Crippen molar-refractivity contribution in [2.45, 2.75) is 72.3 Å². The van der Waals surface area contributed by atoms with E-state index < -0.39 is 0 Å². The molecular weight excluding hydrogens is 206 g/mol. The summed E-state index contributed by atoms with van der Waals surface area (Å²) in [5.41, 5.74) is 0. The highest BCUT2D eigenvalue weighted by atomic mass is 14.9. The Morgan fingerprint density at radius 1 is 1.00 bits per heavy atom. The molecule has 1 saturated carbocycles. The molecular formula is C16H33N. The number of hydrogen-bond acceptors (Lipinski definition) is 1. The maximum atomic E-state index is 3.58. The summed E-state index contributed by atoms with van der Waals surface area (Å²) < 4.78 is 0. The lowest BCUT2D eigenvalue weighted by atomic mass is 9.73. The molecule has 2 atom stereocenters. The molecule has 0 bridgehead atoms. The molecule has 2 unspecified atom stereocenters. The van der Waals surface area contributed by atoms with Gasteiger partial charge in [0.2, 0.25) is 0 Å². The monoisotopic (exact) mass is 239 g/mol. The van der Waals surface area contributed by atoms with Crippen LogP contribution in [0.25, 0.3) is 0 Å². The third-order valence-corrected chi connectivity index (χ3v) is 5.05. The quantitative estimate of drug-likeness (QED) is 0.721. The van der Waals surface area contributed by atoms with Gasteiger partial charge in [0.05, 0.1) is 0 Å². The fourth-order valence-corrected chi connectivity index (χ4v) is 3.36. The van der Waals surface area contributed by atoms with Crippen LogP contribution in [0.2, 0.25) is 0 Å². The second-order valence-electron chi connectivity index (χ2n) is 6.56. The van der Waals surface area contributed by atoms with Crippen molar-refractivity contribution >= 4 is 0 Å². The topological polar surface area (TPSA) is 12.0 Å². The lowest BCUT2D eigenvalue weighted by molar-refractivity contribution is 0.179. The highest BCUT2D eigenvalue weighted by molar-refractivity contribution is 4.83. The van der Waals surface area contributed by atoms with Crippen molar-refractivity contribution in [2.75, 3.05) is 7.05 Å². The smallest absolute Gasteiger partial charge is 0.00948 e. The Morgan fingerprint density at radius 3 is 1.94 bits per heavy atom. The van der Waals surface area contributed by atoms with Crippen LogP contribution in [-0.2, 0) is 0 Å². The van der Waals surface area contributed by atoms with Crippen LogP contribution in [0.1, 0.15) is 66.2 Å². The third kappa shape index (κ3) is 4.62. The van der Waals surface area contributed by atoms with Crippen molar-refractivity contribution in [3.05, 3.63) is 0 Å². The summed E-state index contributed by atoms with van der Waals surface area (Å²) >= 11 is 0. The van der Waals surface area contributed by atoms with E-state index in [4.69, 9.17) is 0 Å². The van der Waals surface area contributed by atoms with Crippen LogP contribution in [0.5, 0.6) is 0 Å². The van der Waals surface area contributed by atoms with Crippen LogP contribution in [-0.4, -0.2) is 13.1 Å². The molecule has 1 fully saturated rings. The molecule has 1 nitrogen and oxygen atoms in total. The van der Waals surface area contributed by atoms with Crippen LogP contribution in [0.4, 0.5) is 0 Å². The van der Waals surface area contributed by atoms with E-state index in [2.05, 4.69) is 40.1 Å². The summed E-state index contributed by atoms with van der Waals surface area (Å²) in [5, 5.41) is 3.58. The summed E-state index contributed by atoms with van der Waals surface area (Å²) in [5.74, 6) is 3.69. The zero-order chi connectivity index (χ0) is 12.8. The van der Waals surface area contributed by atoms with E-state index in [1.165, 1.54) is 38.5 Å². The minimum absolute atomic E-state index is 0.762. The van der Waals surface area contributed by atoms with Crippen LogP contribution < -0.4 is 5.32 Å². The predicted molar refractivity (Wildman–Crippen MR) is 77.2 cm³/mol. The fraction of sp³-hybridized carbons (Fsp3) is 1.00. The van der Waals surface area contributed by atoms with E-state index in [9.17, 15) is 0 Å². The first-order valence-electron chi connectivity index (χ1n) is 7.75. The molecule has 1 heteroatoms. The van der Waals surface area contributed by atoms with Crippen LogP contribution in [0.15, 0.2) is 0 Å². The van der Waals surface area contributed by atoms with E-state index in [1.807, 2.05) is 0 Å². The largest absolute Gasteiger partial charge is 0.317 e. The summed E-state index contributed by atoms with van der Waals surface area (Å²) in [4.78, 5) is 0. The average molecular weight is 239 g/mol. The molecule has 0 amide bonds. The summed E-state index contributed by atoms with van der Waals surface area (Å²) in [6, 6.07) is 0.762. The summed E-state index contributed by atoms with van der Waals surface area (Å²) in [6.07, 6.45) is 8.50. The van der Waals surface area contributed by atoms with Crippen molar-refractivity contribution in [1.29, 1.82) is 0 Å². The molecule has 0 saturated heterocycles. The van der Waals surface area contributed by atoms with Crippen LogP contribution in [0, 0.1) is 23.7 Å². The first-order chi connectivity index (χ1) is 8.08. The fourth-order valence-electron chi connectivity index (χ4n) is 3.36. The Labute approximate surface area is 109 Å². The molecule has 0 aromatic carbocycles. The van der Waals surface area contributed by atoms with Crippen LogP contribution >= 0.6 is 0 Å². The van der Waals surface area contributed by atoms with Gasteiger partial charge in [0.25, 0.3) is 0 Å². The number of nitrogens with one attached hydrogen (secondary N) is 1. The molecule has 102 valence electrons. The molecule has 0 spiro atoms. The molecule has 0 aliphatic heterocycles. The minimum Gasteiger partial charge on any atom is -0.317 e. The minimum atomic E-state index is 0.762. The van der Waals surface area contributed by atoms with Gasteiger partial charge in [-0.05, 0) is 62.8 Å². The molecule has 0 heterocycles. The summed E-state index contributed by atoms with van der Waals surface area (Å²) in [7, 11) is 2.15. The Balaban J connectivity index is 2.39. The zero-order valence-corrected chi connectivity index (χ0v) is 12.6. The van der Waals surface area contributed by atoms with Crippen molar-refractivity contribution in [3.8, 4) is 0 Å². The van der Waals surface area contributed by atoms with Crippen molar-refractivity contribution in [3.63, 3.8) is 0 Å². The van der Waals surface area contributed by atoms with E-state index in [1.54, 1.807) is 0 Å². The first-order valence-corrected chi connectivity index (χ1v) is 7.75. The van der Waals surface area contributed by atoms with Crippen molar-refractivity contribution in [1.82, 2.24) is 5.32 Å². The Bertz CT molecular complexity index is 192. The van der Waals surface area contributed by atoms with Gasteiger partial charge in [-0.15, -0.1) is 0 Å². The van der Waals surface area contributed by atoms with Gasteiger partial charge in [-0.25, -0.2) is 0 Å². The molecule has 1 aliphatic rings. The highest BCUT2D eigenvalue weighted by Crippen LogP contribution is 2.36. The van der Waals surface area contributed by atoms with E-state index >= 15 is 0 Å².